The van der Waals surface area contributed by atoms with Gasteiger partial charge in [0.15, 0.2) is 9.84 Å². The molecule has 0 saturated carbocycles. The Morgan fingerprint density at radius 2 is 2.00 bits per heavy atom. The van der Waals surface area contributed by atoms with Crippen LogP contribution >= 0.6 is 0 Å². The van der Waals surface area contributed by atoms with Crippen LogP contribution in [0.15, 0.2) is 0 Å². The number of hydrogen-bond acceptors (Lipinski definition) is 2. The maximum absolute atomic E-state index is 10.5. The second-order valence-electron chi connectivity index (χ2n) is 2.14. The Balaban J connectivity index is 3.30. The van der Waals surface area contributed by atoms with Gasteiger partial charge < -0.3 is 0 Å². The topological polar surface area (TPSA) is 34.1 Å². The van der Waals surface area contributed by atoms with Gasteiger partial charge in [0.2, 0.25) is 0 Å². The lowest BCUT2D eigenvalue weighted by atomic mass is 10.3. The summed E-state index contributed by atoms with van der Waals surface area (Å²) < 4.78 is 20.9. The molecule has 0 spiro atoms. The van der Waals surface area contributed by atoms with Crippen LogP contribution in [0, 0.1) is 5.75 Å². The first-order chi connectivity index (χ1) is 4.06. The molecular formula is C6H13O2S. The first kappa shape index (κ1) is 8.95. The minimum Gasteiger partial charge on any atom is -0.229 e. The molecule has 9 heavy (non-hydrogen) atoms. The summed E-state index contributed by atoms with van der Waals surface area (Å²) in [6.45, 7) is 2.04. The SMILES string of the molecule is CCCC[CH]S(C)(=O)=O. The molecule has 0 atom stereocenters. The maximum atomic E-state index is 10.5. The normalized spacial score (nSPS) is 11.8. The highest BCUT2D eigenvalue weighted by Gasteiger charge is 1.99. The quantitative estimate of drug-likeness (QED) is 0.566. The molecule has 1 radical (unpaired) electrons. The van der Waals surface area contributed by atoms with Crippen molar-refractivity contribution in [1.29, 1.82) is 0 Å². The zero-order valence-corrected chi connectivity index (χ0v) is 6.74. The molecule has 0 bridgehead atoms. The molecule has 0 amide bonds. The van der Waals surface area contributed by atoms with Crippen LogP contribution in [0.25, 0.3) is 0 Å². The Morgan fingerprint density at radius 1 is 1.44 bits per heavy atom. The average Bonchev–Trinajstić information content (AvgIpc) is 1.63. The van der Waals surface area contributed by atoms with Gasteiger partial charge in [0.05, 0.1) is 5.75 Å². The fourth-order valence-electron chi connectivity index (χ4n) is 0.502. The summed E-state index contributed by atoms with van der Waals surface area (Å²) in [5.41, 5.74) is 0. The van der Waals surface area contributed by atoms with Crippen molar-refractivity contribution < 1.29 is 8.42 Å². The van der Waals surface area contributed by atoms with Gasteiger partial charge in [-0.1, -0.05) is 19.8 Å². The van der Waals surface area contributed by atoms with E-state index in [0.29, 0.717) is 6.42 Å². The summed E-state index contributed by atoms with van der Waals surface area (Å²) in [5.74, 6) is 1.37. The third-order valence-corrected chi connectivity index (χ3v) is 1.82. The molecule has 3 heteroatoms. The van der Waals surface area contributed by atoms with Gasteiger partial charge in [0.1, 0.15) is 0 Å². The minimum absolute atomic E-state index is 0.690. The molecule has 0 aliphatic carbocycles. The van der Waals surface area contributed by atoms with Crippen LogP contribution in [0.4, 0.5) is 0 Å². The number of rotatable bonds is 4. The summed E-state index contributed by atoms with van der Waals surface area (Å²) in [4.78, 5) is 0. The van der Waals surface area contributed by atoms with Crippen LogP contribution < -0.4 is 0 Å². The predicted molar refractivity (Wildman–Crippen MR) is 38.7 cm³/mol. The predicted octanol–water partition coefficient (Wildman–Crippen LogP) is 1.38. The lowest BCUT2D eigenvalue weighted by Gasteiger charge is -1.93. The standard InChI is InChI=1S/C6H13O2S/c1-3-4-5-6-9(2,7)8/h6H,3-5H2,1-2H3. The van der Waals surface area contributed by atoms with Crippen LogP contribution in [0.1, 0.15) is 26.2 Å². The van der Waals surface area contributed by atoms with E-state index in [9.17, 15) is 8.42 Å². The molecular weight excluding hydrogens is 136 g/mol. The Labute approximate surface area is 57.2 Å². The van der Waals surface area contributed by atoms with Crippen molar-refractivity contribution >= 4 is 9.84 Å². The largest absolute Gasteiger partial charge is 0.229 e. The van der Waals surface area contributed by atoms with Gasteiger partial charge in [-0.05, 0) is 6.42 Å². The van der Waals surface area contributed by atoms with E-state index in [1.54, 1.807) is 0 Å². The van der Waals surface area contributed by atoms with E-state index in [1.165, 1.54) is 12.0 Å². The van der Waals surface area contributed by atoms with Crippen LogP contribution in [-0.2, 0) is 9.84 Å². The highest BCUT2D eigenvalue weighted by molar-refractivity contribution is 7.92. The summed E-state index contributed by atoms with van der Waals surface area (Å²) in [6, 6.07) is 0. The Morgan fingerprint density at radius 3 is 2.33 bits per heavy atom. The molecule has 0 N–H and O–H groups in total. The van der Waals surface area contributed by atoms with Gasteiger partial charge in [-0.3, -0.25) is 0 Å². The Kier molecular flexibility index (Phi) is 3.86. The van der Waals surface area contributed by atoms with Gasteiger partial charge in [-0.25, -0.2) is 8.42 Å². The Bertz CT molecular complexity index is 146. The fraction of sp³-hybridized carbons (Fsp3) is 0.833. The van der Waals surface area contributed by atoms with Crippen molar-refractivity contribution in [2.75, 3.05) is 6.26 Å². The van der Waals surface area contributed by atoms with E-state index < -0.39 is 9.84 Å². The van der Waals surface area contributed by atoms with Gasteiger partial charge in [0.25, 0.3) is 0 Å². The molecule has 2 nitrogen and oxygen atoms in total. The molecule has 55 valence electrons. The summed E-state index contributed by atoms with van der Waals surface area (Å²) in [5, 5.41) is 0. The van der Waals surface area contributed by atoms with Crippen molar-refractivity contribution in [3.8, 4) is 0 Å². The third kappa shape index (κ3) is 7.95. The molecule has 0 aromatic carbocycles. The Hall–Kier alpha value is -0.0500. The maximum Gasteiger partial charge on any atom is 0.151 e. The van der Waals surface area contributed by atoms with E-state index >= 15 is 0 Å². The monoisotopic (exact) mass is 149 g/mol. The van der Waals surface area contributed by atoms with Crippen molar-refractivity contribution in [3.05, 3.63) is 5.75 Å². The fourth-order valence-corrected chi connectivity index (χ4v) is 1.10. The molecule has 0 unspecified atom stereocenters. The second kappa shape index (κ2) is 3.88. The van der Waals surface area contributed by atoms with E-state index in [-0.39, 0.29) is 0 Å². The molecule has 0 rings (SSSR count). The summed E-state index contributed by atoms with van der Waals surface area (Å²) in [7, 11) is -2.82. The van der Waals surface area contributed by atoms with Crippen LogP contribution in [0.5, 0.6) is 0 Å². The first-order valence-corrected chi connectivity index (χ1v) is 5.05. The van der Waals surface area contributed by atoms with E-state index in [1.807, 2.05) is 6.92 Å². The minimum atomic E-state index is -2.82. The molecule has 0 fully saturated rings. The first-order valence-electron chi connectivity index (χ1n) is 3.09. The van der Waals surface area contributed by atoms with Gasteiger partial charge in [0, 0.05) is 6.26 Å². The van der Waals surface area contributed by atoms with Crippen molar-refractivity contribution in [2.24, 2.45) is 0 Å². The molecule has 0 aromatic heterocycles. The van der Waals surface area contributed by atoms with Crippen molar-refractivity contribution in [1.82, 2.24) is 0 Å². The van der Waals surface area contributed by atoms with E-state index in [2.05, 4.69) is 0 Å². The van der Waals surface area contributed by atoms with E-state index in [0.717, 1.165) is 12.8 Å². The van der Waals surface area contributed by atoms with E-state index in [4.69, 9.17) is 0 Å². The molecule has 0 heterocycles. The zero-order valence-electron chi connectivity index (χ0n) is 5.92. The number of sulfone groups is 1. The van der Waals surface area contributed by atoms with Crippen LogP contribution in [-0.4, -0.2) is 14.7 Å². The third-order valence-electron chi connectivity index (χ3n) is 0.978. The number of unbranched alkanes of at least 4 members (excludes halogenated alkanes) is 2. The van der Waals surface area contributed by atoms with Crippen LogP contribution in [0.3, 0.4) is 0 Å². The van der Waals surface area contributed by atoms with Crippen molar-refractivity contribution in [3.63, 3.8) is 0 Å². The van der Waals surface area contributed by atoms with Crippen molar-refractivity contribution in [2.45, 2.75) is 26.2 Å². The zero-order chi connectivity index (χ0) is 7.33. The average molecular weight is 149 g/mol. The van der Waals surface area contributed by atoms with Gasteiger partial charge in [-0.15, -0.1) is 0 Å². The van der Waals surface area contributed by atoms with Crippen LogP contribution in [0.2, 0.25) is 0 Å². The lowest BCUT2D eigenvalue weighted by molar-refractivity contribution is 0.603. The molecule has 0 saturated heterocycles. The second-order valence-corrected chi connectivity index (χ2v) is 4.13. The lowest BCUT2D eigenvalue weighted by Crippen LogP contribution is -1.95. The summed E-state index contributed by atoms with van der Waals surface area (Å²) in [6.07, 6.45) is 3.93. The molecule has 0 aliphatic rings. The van der Waals surface area contributed by atoms with Gasteiger partial charge in [-0.2, -0.15) is 0 Å². The molecule has 0 aliphatic heterocycles. The molecule has 0 aromatic rings. The van der Waals surface area contributed by atoms with Gasteiger partial charge >= 0.3 is 0 Å². The number of hydrogen-bond donors (Lipinski definition) is 0. The summed E-state index contributed by atoms with van der Waals surface area (Å²) >= 11 is 0. The smallest absolute Gasteiger partial charge is 0.151 e. The highest BCUT2D eigenvalue weighted by Crippen LogP contribution is 2.01. The highest BCUT2D eigenvalue weighted by atomic mass is 32.2.